The van der Waals surface area contributed by atoms with Crippen LogP contribution < -0.4 is 0 Å². The Morgan fingerprint density at radius 2 is 0.523 bits per heavy atom. The molecule has 0 aliphatic heterocycles. The van der Waals surface area contributed by atoms with Gasteiger partial charge >= 0.3 is 34.9 Å². The summed E-state index contributed by atoms with van der Waals surface area (Å²) in [5.41, 5.74) is 7.14. The molecule has 0 aromatic heterocycles. The van der Waals surface area contributed by atoms with Gasteiger partial charge in [0.25, 0.3) is 6.79 Å². The van der Waals surface area contributed by atoms with Gasteiger partial charge in [0.1, 0.15) is 0 Å². The van der Waals surface area contributed by atoms with Crippen LogP contribution in [-0.2, 0) is 21.2 Å². The molecule has 0 amide bonds. The second-order valence-electron chi connectivity index (χ2n) is 14.8. The number of hydrogen-bond acceptors (Lipinski definition) is 3. The average molecular weight is 755 g/mol. The molecule has 0 saturated heterocycles. The van der Waals surface area contributed by atoms with Crippen LogP contribution in [0.4, 0.5) is 0 Å². The molecule has 2 radical (unpaired) electrons. The van der Waals surface area contributed by atoms with Gasteiger partial charge in [-0.1, -0.05) is 131 Å². The van der Waals surface area contributed by atoms with Crippen LogP contribution in [0, 0.1) is 4.91 Å². The molecule has 0 atom stereocenters. The Kier molecular flexibility index (Phi) is 22.5. The van der Waals surface area contributed by atoms with Crippen LogP contribution in [0.25, 0.3) is 0 Å². The van der Waals surface area contributed by atoms with Gasteiger partial charge in [-0.3, -0.25) is 4.79 Å². The second kappa shape index (κ2) is 25.1. The Bertz CT molecular complexity index is 560. The quantitative estimate of drug-likeness (QED) is 0.148. The smallest absolute Gasteiger partial charge is 0.281 e. The normalized spacial score (nSPS) is 25.7. The van der Waals surface area contributed by atoms with Crippen LogP contribution in [-0.4, -0.2) is 40.7 Å². The Hall–Kier alpha value is 1.04. The van der Waals surface area contributed by atoms with Gasteiger partial charge < -0.3 is 0 Å². The summed E-state index contributed by atoms with van der Waals surface area (Å²) in [6, 6.07) is 0. The summed E-state index contributed by atoms with van der Waals surface area (Å²) in [5.74, 6) is 0. The van der Waals surface area contributed by atoms with E-state index in [0.29, 0.717) is 15.8 Å². The van der Waals surface area contributed by atoms with Crippen molar-refractivity contribution in [2.75, 3.05) is 0 Å². The molecule has 0 unspecified atom stereocenters. The van der Waals surface area contributed by atoms with Crippen molar-refractivity contribution in [3.63, 3.8) is 0 Å². The van der Waals surface area contributed by atoms with Gasteiger partial charge in [0.2, 0.25) is 0 Å². The second-order valence-corrected chi connectivity index (χ2v) is 22.3. The van der Waals surface area contributed by atoms with Crippen LogP contribution >= 0.6 is 25.5 Å². The summed E-state index contributed by atoms with van der Waals surface area (Å²) < 4.78 is 2.34. The minimum absolute atomic E-state index is 0.385. The van der Waals surface area contributed by atoms with E-state index in [2.05, 4.69) is 10.7 Å². The van der Waals surface area contributed by atoms with E-state index in [1.807, 2.05) is 0 Å². The van der Waals surface area contributed by atoms with Gasteiger partial charge in [0.05, 0.1) is 0 Å². The SMILES string of the molecule is C1CCC(P(C2CCCCC2)C2CCCCC2)CC1.C1CCC(P(C2CCCCC2)C2CCCCC2)CC1.O=[N][Ru][Cl].[C]=O. The standard InChI is InChI=1S/2C18H33P.CO.ClH.NO.Ru/c2*1-4-10-16(11-5-1)19(17-12-6-2-7-13-17)18-14-8-3-9-15-18;1-2;;1-2;/h2*16-18H,1-15H2;;1H;;/q;;;;-1;+2/p-1. The van der Waals surface area contributed by atoms with Gasteiger partial charge in [-0.05, 0) is 111 Å². The van der Waals surface area contributed by atoms with Crippen LogP contribution in [0.3, 0.4) is 0 Å². The topological polar surface area (TPSA) is 46.5 Å². The van der Waals surface area contributed by atoms with Crippen LogP contribution in [0.1, 0.15) is 193 Å². The third-order valence-corrected chi connectivity index (χ3v) is 20.6. The first-order chi connectivity index (χ1) is 21.8. The number of hydrogen-bond donors (Lipinski definition) is 0. The van der Waals surface area contributed by atoms with Gasteiger partial charge in [0, 0.05) is 0 Å². The van der Waals surface area contributed by atoms with E-state index in [4.69, 9.17) is 19.4 Å². The van der Waals surface area contributed by atoms with E-state index in [9.17, 15) is 0 Å². The molecule has 6 saturated carbocycles. The molecule has 0 aromatic carbocycles. The molecule has 3 nitrogen and oxygen atoms in total. The average Bonchev–Trinajstić information content (AvgIpc) is 3.13. The van der Waals surface area contributed by atoms with Crippen LogP contribution in [0.2, 0.25) is 0 Å². The maximum atomic E-state index is 8.83. The number of halogens is 1. The minimum Gasteiger partial charge on any atom is -0.281 e. The maximum Gasteiger partial charge on any atom is 0.281 e. The molecule has 0 heterocycles. The molecular formula is C37H66ClNO2P2Ru. The van der Waals surface area contributed by atoms with Crippen molar-refractivity contribution in [2.45, 2.75) is 227 Å². The first-order valence-electron chi connectivity index (χ1n) is 19.1. The first kappa shape index (κ1) is 39.5. The molecule has 0 aromatic rings. The molecule has 6 aliphatic carbocycles. The first-order valence-corrected chi connectivity index (χ1v) is 25.2. The summed E-state index contributed by atoms with van der Waals surface area (Å²) in [4.78, 5) is 16.3. The van der Waals surface area contributed by atoms with Crippen molar-refractivity contribution in [3.8, 4) is 0 Å². The van der Waals surface area contributed by atoms with Crippen molar-refractivity contribution in [3.05, 3.63) is 4.91 Å². The van der Waals surface area contributed by atoms with E-state index >= 15 is 0 Å². The zero-order valence-electron chi connectivity index (χ0n) is 28.1. The van der Waals surface area contributed by atoms with Crippen molar-refractivity contribution in [1.29, 1.82) is 0 Å². The molecule has 0 N–H and O–H groups in total. The maximum absolute atomic E-state index is 8.83. The summed E-state index contributed by atoms with van der Waals surface area (Å²) in [6.45, 7) is 4.50. The molecule has 44 heavy (non-hydrogen) atoms. The van der Waals surface area contributed by atoms with Crippen molar-refractivity contribution >= 4 is 32.3 Å². The van der Waals surface area contributed by atoms with Crippen molar-refractivity contribution < 1.29 is 21.2 Å². The molecule has 256 valence electrons. The zero-order chi connectivity index (χ0) is 31.2. The summed E-state index contributed by atoms with van der Waals surface area (Å²) in [5, 5.41) is 0. The molecular weight excluding hydrogens is 689 g/mol. The number of nitroso groups, excluding NO2 is 1. The van der Waals surface area contributed by atoms with Gasteiger partial charge in [0.15, 0.2) is 0 Å². The largest absolute Gasteiger partial charge is 0.281 e. The van der Waals surface area contributed by atoms with Crippen molar-refractivity contribution in [2.24, 2.45) is 3.92 Å². The molecule has 6 fully saturated rings. The molecule has 0 spiro atoms. The molecule has 0 bridgehead atoms. The van der Waals surface area contributed by atoms with E-state index in [1.165, 1.54) is 72.5 Å². The Morgan fingerprint density at radius 1 is 0.386 bits per heavy atom. The van der Waals surface area contributed by atoms with Crippen molar-refractivity contribution in [1.82, 2.24) is 0 Å². The van der Waals surface area contributed by atoms with E-state index < -0.39 is 16.4 Å². The summed E-state index contributed by atoms with van der Waals surface area (Å²) in [6.07, 6.45) is 47.2. The number of nitrogens with zero attached hydrogens (tertiary/aromatic N) is 1. The molecule has 7 heteroatoms. The number of rotatable bonds is 7. The Balaban J connectivity index is 0.000000205. The van der Waals surface area contributed by atoms with E-state index in [0.717, 1.165) is 0 Å². The Morgan fingerprint density at radius 3 is 0.636 bits per heavy atom. The fraction of sp³-hybridized carbons (Fsp3) is 0.973. The van der Waals surface area contributed by atoms with Crippen LogP contribution in [0.5, 0.6) is 0 Å². The van der Waals surface area contributed by atoms with Gasteiger partial charge in [-0.15, -0.1) is 0 Å². The minimum atomic E-state index is -0.719. The van der Waals surface area contributed by atoms with Gasteiger partial charge in [-0.2, -0.15) is 0 Å². The monoisotopic (exact) mass is 755 g/mol. The van der Waals surface area contributed by atoms with E-state index in [1.54, 1.807) is 154 Å². The molecule has 6 aliphatic rings. The van der Waals surface area contributed by atoms with Gasteiger partial charge in [-0.25, -0.2) is 0 Å². The predicted molar refractivity (Wildman–Crippen MR) is 192 cm³/mol. The van der Waals surface area contributed by atoms with E-state index in [-0.39, 0.29) is 0 Å². The Labute approximate surface area is 287 Å². The third-order valence-electron chi connectivity index (χ3n) is 12.0. The number of carbonyl (C=O) groups excluding carboxylic acids is 1. The zero-order valence-corrected chi connectivity index (χ0v) is 32.3. The summed E-state index contributed by atoms with van der Waals surface area (Å²) >= 11 is -0.719. The third kappa shape index (κ3) is 13.9. The fourth-order valence-electron chi connectivity index (χ4n) is 10.1. The predicted octanol–water partition coefficient (Wildman–Crippen LogP) is 13.4. The molecule has 6 rings (SSSR count). The fourth-order valence-corrected chi connectivity index (χ4v) is 19.4. The summed E-state index contributed by atoms with van der Waals surface area (Å²) in [7, 11) is 5.57. The van der Waals surface area contributed by atoms with Crippen LogP contribution in [0.15, 0.2) is 3.92 Å².